The number of unbranched alkanes of at least 4 members (excludes halogenated alkanes) is 1. The number of thioether (sulfide) groups is 1. The third-order valence-electron chi connectivity index (χ3n) is 4.76. The Hall–Kier alpha value is -2.13. The zero-order valence-electron chi connectivity index (χ0n) is 15.6. The van der Waals surface area contributed by atoms with Crippen LogP contribution in [0.25, 0.3) is 0 Å². The minimum atomic E-state index is -0.241. The number of carbonyl (C=O) groups excluding carboxylic acids is 3. The fourth-order valence-electron chi connectivity index (χ4n) is 3.34. The highest BCUT2D eigenvalue weighted by molar-refractivity contribution is 8.23. The first-order valence-corrected chi connectivity index (χ1v) is 10.8. The summed E-state index contributed by atoms with van der Waals surface area (Å²) in [4.78, 5) is 39.3. The molecule has 0 radical (unpaired) electrons. The second-order valence-electron chi connectivity index (χ2n) is 6.81. The molecule has 0 spiro atoms. The van der Waals surface area contributed by atoms with Gasteiger partial charge in [0.1, 0.15) is 4.32 Å². The van der Waals surface area contributed by atoms with Gasteiger partial charge in [0.25, 0.3) is 5.91 Å². The van der Waals surface area contributed by atoms with Gasteiger partial charge in [-0.05, 0) is 37.3 Å². The lowest BCUT2D eigenvalue weighted by atomic mass is 10.0. The molecule has 1 aromatic carbocycles. The van der Waals surface area contributed by atoms with Crippen LogP contribution in [0.5, 0.6) is 0 Å². The van der Waals surface area contributed by atoms with Gasteiger partial charge in [0.15, 0.2) is 0 Å². The van der Waals surface area contributed by atoms with E-state index in [1.54, 1.807) is 4.90 Å². The van der Waals surface area contributed by atoms with Crippen molar-refractivity contribution in [3.8, 4) is 0 Å². The molecular weight excluding hydrogens is 396 g/mol. The molecule has 0 aromatic heterocycles. The van der Waals surface area contributed by atoms with Gasteiger partial charge in [-0.15, -0.1) is 0 Å². The Bertz CT molecular complexity index is 755. The third kappa shape index (κ3) is 5.45. The van der Waals surface area contributed by atoms with Gasteiger partial charge in [-0.2, -0.15) is 0 Å². The number of nitrogens with one attached hydrogen (secondary N) is 2. The fourth-order valence-corrected chi connectivity index (χ4v) is 4.46. The number of rotatable bonds is 7. The number of hydrogen-bond acceptors (Lipinski definition) is 6. The van der Waals surface area contributed by atoms with Crippen LogP contribution in [0.2, 0.25) is 0 Å². The molecule has 1 aromatic rings. The lowest BCUT2D eigenvalue weighted by Gasteiger charge is -2.30. The van der Waals surface area contributed by atoms with Crippen LogP contribution in [0, 0.1) is 0 Å². The summed E-state index contributed by atoms with van der Waals surface area (Å²) in [5, 5.41) is 0. The number of hydrazine groups is 1. The van der Waals surface area contributed by atoms with E-state index in [1.807, 2.05) is 23.1 Å². The van der Waals surface area contributed by atoms with Gasteiger partial charge < -0.3 is 4.90 Å². The van der Waals surface area contributed by atoms with Crippen LogP contribution in [0.15, 0.2) is 24.3 Å². The second kappa shape index (κ2) is 9.88. The van der Waals surface area contributed by atoms with Crippen LogP contribution in [-0.4, -0.2) is 52.3 Å². The molecule has 2 aliphatic heterocycles. The molecule has 0 saturated carbocycles. The molecule has 0 aliphatic carbocycles. The average molecular weight is 421 g/mol. The van der Waals surface area contributed by atoms with Crippen molar-refractivity contribution >= 4 is 51.7 Å². The van der Waals surface area contributed by atoms with Crippen LogP contribution in [-0.2, 0) is 20.8 Å². The third-order valence-corrected chi connectivity index (χ3v) is 6.19. The second-order valence-corrected chi connectivity index (χ2v) is 8.42. The van der Waals surface area contributed by atoms with Crippen LogP contribution in [0.4, 0.5) is 5.69 Å². The van der Waals surface area contributed by atoms with Crippen molar-refractivity contribution in [2.75, 3.05) is 30.3 Å². The Morgan fingerprint density at radius 1 is 1.14 bits per heavy atom. The van der Waals surface area contributed by atoms with Gasteiger partial charge >= 0.3 is 0 Å². The fraction of sp³-hybridized carbons (Fsp3) is 0.474. The summed E-state index contributed by atoms with van der Waals surface area (Å²) in [6, 6.07) is 8.09. The quantitative estimate of drug-likeness (QED) is 0.396. The molecule has 150 valence electrons. The standard InChI is InChI=1S/C19H24N4O3S2/c24-16(9-3-4-11-23-18(26)13-28-19(23)27)20-21-17(25)12-22-10-5-7-14-6-1-2-8-15(14)22/h1-2,6,8H,3-5,7,9-13H2,(H,20,24)(H,21,25). The maximum Gasteiger partial charge on any atom is 0.257 e. The molecule has 2 aliphatic rings. The normalized spacial score (nSPS) is 16.1. The minimum absolute atomic E-state index is 0.0333. The van der Waals surface area contributed by atoms with Crippen LogP contribution in [0.1, 0.15) is 31.2 Å². The summed E-state index contributed by atoms with van der Waals surface area (Å²) < 4.78 is 0.612. The van der Waals surface area contributed by atoms with Gasteiger partial charge in [-0.25, -0.2) is 0 Å². The van der Waals surface area contributed by atoms with Gasteiger partial charge in [0, 0.05) is 25.2 Å². The largest absolute Gasteiger partial charge is 0.362 e. The summed E-state index contributed by atoms with van der Waals surface area (Å²) in [5.41, 5.74) is 7.29. The number of thiocarbonyl (C=S) groups is 1. The van der Waals surface area contributed by atoms with Crippen molar-refractivity contribution in [3.05, 3.63) is 29.8 Å². The van der Waals surface area contributed by atoms with Crippen molar-refractivity contribution < 1.29 is 14.4 Å². The molecule has 0 bridgehead atoms. The topological polar surface area (TPSA) is 81.8 Å². The Labute approximate surface area is 174 Å². The average Bonchev–Trinajstić information content (AvgIpc) is 3.02. The van der Waals surface area contributed by atoms with Crippen LogP contribution in [0.3, 0.4) is 0 Å². The van der Waals surface area contributed by atoms with E-state index in [-0.39, 0.29) is 30.7 Å². The molecule has 2 N–H and O–H groups in total. The number of para-hydroxylation sites is 1. The molecule has 3 rings (SSSR count). The highest BCUT2D eigenvalue weighted by atomic mass is 32.2. The molecule has 7 nitrogen and oxygen atoms in total. The van der Waals surface area contributed by atoms with E-state index >= 15 is 0 Å². The summed E-state index contributed by atoms with van der Waals surface area (Å²) >= 11 is 6.49. The molecular formula is C19H24N4O3S2. The first-order chi connectivity index (χ1) is 13.5. The smallest absolute Gasteiger partial charge is 0.257 e. The van der Waals surface area contributed by atoms with Crippen molar-refractivity contribution in [2.45, 2.75) is 32.1 Å². The zero-order valence-corrected chi connectivity index (χ0v) is 17.2. The molecule has 28 heavy (non-hydrogen) atoms. The van der Waals surface area contributed by atoms with Crippen molar-refractivity contribution in [2.24, 2.45) is 0 Å². The van der Waals surface area contributed by atoms with Gasteiger partial charge in [0.2, 0.25) is 11.8 Å². The Balaban J connectivity index is 1.33. The molecule has 1 fully saturated rings. The van der Waals surface area contributed by atoms with E-state index < -0.39 is 0 Å². The SMILES string of the molecule is O=C(CCCCN1C(=O)CSC1=S)NNC(=O)CN1CCCc2ccccc21. The van der Waals surface area contributed by atoms with Gasteiger partial charge in [0.05, 0.1) is 12.3 Å². The van der Waals surface area contributed by atoms with Crippen molar-refractivity contribution in [3.63, 3.8) is 0 Å². The lowest BCUT2D eigenvalue weighted by molar-refractivity contribution is -0.128. The summed E-state index contributed by atoms with van der Waals surface area (Å²) in [7, 11) is 0. The van der Waals surface area contributed by atoms with E-state index in [2.05, 4.69) is 16.9 Å². The van der Waals surface area contributed by atoms with Gasteiger partial charge in [-0.3, -0.25) is 30.1 Å². The van der Waals surface area contributed by atoms with Crippen molar-refractivity contribution in [1.82, 2.24) is 15.8 Å². The molecule has 3 amide bonds. The summed E-state index contributed by atoms with van der Waals surface area (Å²) in [6.07, 6.45) is 3.64. The van der Waals surface area contributed by atoms with Crippen molar-refractivity contribution in [1.29, 1.82) is 0 Å². The Kier molecular flexibility index (Phi) is 7.27. The monoisotopic (exact) mass is 420 g/mol. The number of nitrogens with zero attached hydrogens (tertiary/aromatic N) is 2. The number of aryl methyl sites for hydroxylation is 1. The van der Waals surface area contributed by atoms with Crippen LogP contribution < -0.4 is 15.8 Å². The number of benzene rings is 1. The molecule has 1 saturated heterocycles. The van der Waals surface area contributed by atoms with E-state index in [0.29, 0.717) is 29.5 Å². The number of carbonyl (C=O) groups is 3. The predicted molar refractivity (Wildman–Crippen MR) is 114 cm³/mol. The first-order valence-electron chi connectivity index (χ1n) is 9.42. The number of fused-ring (bicyclic) bond motifs is 1. The Morgan fingerprint density at radius 2 is 1.93 bits per heavy atom. The number of anilines is 1. The minimum Gasteiger partial charge on any atom is -0.362 e. The van der Waals surface area contributed by atoms with E-state index in [9.17, 15) is 14.4 Å². The maximum absolute atomic E-state index is 12.2. The molecule has 0 unspecified atom stereocenters. The predicted octanol–water partition coefficient (Wildman–Crippen LogP) is 1.62. The molecule has 9 heteroatoms. The zero-order chi connectivity index (χ0) is 19.9. The Morgan fingerprint density at radius 3 is 2.71 bits per heavy atom. The number of hydrogen-bond donors (Lipinski definition) is 2. The first kappa shape index (κ1) is 20.6. The van der Waals surface area contributed by atoms with Crippen LogP contribution >= 0.6 is 24.0 Å². The highest BCUT2D eigenvalue weighted by Gasteiger charge is 2.25. The molecule has 2 heterocycles. The number of amides is 3. The molecule has 0 atom stereocenters. The maximum atomic E-state index is 12.2. The summed E-state index contributed by atoms with van der Waals surface area (Å²) in [6.45, 7) is 1.58. The van der Waals surface area contributed by atoms with E-state index in [4.69, 9.17) is 12.2 Å². The summed E-state index contributed by atoms with van der Waals surface area (Å²) in [5.74, 6) is -0.0366. The van der Waals surface area contributed by atoms with Gasteiger partial charge in [-0.1, -0.05) is 42.2 Å². The van der Waals surface area contributed by atoms with E-state index in [0.717, 1.165) is 25.1 Å². The highest BCUT2D eigenvalue weighted by Crippen LogP contribution is 2.26. The van der Waals surface area contributed by atoms with E-state index in [1.165, 1.54) is 17.3 Å². The lowest BCUT2D eigenvalue weighted by Crippen LogP contribution is -2.47.